The summed E-state index contributed by atoms with van der Waals surface area (Å²) >= 11 is 3.00. The number of thioether (sulfide) groups is 1. The van der Waals surface area contributed by atoms with Gasteiger partial charge in [0.05, 0.1) is 11.1 Å². The molecule has 1 atom stereocenters. The number of allylic oxidation sites excluding steroid dienone is 1. The Balaban J connectivity index is 1.45. The van der Waals surface area contributed by atoms with Gasteiger partial charge in [0.1, 0.15) is 4.83 Å². The molecule has 0 radical (unpaired) electrons. The third-order valence-electron chi connectivity index (χ3n) is 6.20. The van der Waals surface area contributed by atoms with Crippen LogP contribution in [0.5, 0.6) is 0 Å². The molecule has 160 valence electrons. The number of rotatable bonds is 5. The molecule has 7 heteroatoms. The van der Waals surface area contributed by atoms with E-state index in [1.807, 2.05) is 23.1 Å². The van der Waals surface area contributed by atoms with Gasteiger partial charge in [-0.25, -0.2) is 4.98 Å². The summed E-state index contributed by atoms with van der Waals surface area (Å²) in [5.74, 6) is 0.950. The van der Waals surface area contributed by atoms with Crippen LogP contribution >= 0.6 is 23.1 Å². The van der Waals surface area contributed by atoms with Crippen LogP contribution in [0.25, 0.3) is 10.2 Å². The molecule has 5 rings (SSSR count). The number of thiophene rings is 1. The van der Waals surface area contributed by atoms with Crippen LogP contribution < -0.4 is 10.5 Å². The van der Waals surface area contributed by atoms with Gasteiger partial charge < -0.3 is 4.90 Å². The number of para-hydroxylation sites is 1. The first-order chi connectivity index (χ1) is 15.1. The molecule has 0 spiro atoms. The maximum atomic E-state index is 13.4. The number of benzene rings is 1. The summed E-state index contributed by atoms with van der Waals surface area (Å²) in [5, 5.41) is 1.38. The lowest BCUT2D eigenvalue weighted by Crippen LogP contribution is -2.31. The molecular formula is C24H25N3O2S2. The lowest BCUT2D eigenvalue weighted by atomic mass is 9.89. The van der Waals surface area contributed by atoms with Gasteiger partial charge in [0, 0.05) is 23.7 Å². The highest BCUT2D eigenvalue weighted by atomic mass is 32.2. The van der Waals surface area contributed by atoms with Gasteiger partial charge in [-0.05, 0) is 48.8 Å². The second-order valence-electron chi connectivity index (χ2n) is 8.34. The average molecular weight is 452 g/mol. The van der Waals surface area contributed by atoms with Crippen molar-refractivity contribution in [2.75, 3.05) is 17.2 Å². The minimum atomic E-state index is -0.00146. The molecule has 0 bridgehead atoms. The molecule has 1 aromatic carbocycles. The molecule has 2 aromatic heterocycles. The molecule has 1 aliphatic heterocycles. The summed E-state index contributed by atoms with van der Waals surface area (Å²) in [6.45, 7) is 7.18. The van der Waals surface area contributed by atoms with Crippen LogP contribution in [0.4, 0.5) is 5.69 Å². The quantitative estimate of drug-likeness (QED) is 0.327. The van der Waals surface area contributed by atoms with E-state index in [0.717, 1.165) is 41.6 Å². The Hall–Kier alpha value is -2.38. The summed E-state index contributed by atoms with van der Waals surface area (Å²) in [6.07, 6.45) is 5.69. The van der Waals surface area contributed by atoms with E-state index in [-0.39, 0.29) is 17.2 Å². The molecule has 31 heavy (non-hydrogen) atoms. The van der Waals surface area contributed by atoms with E-state index >= 15 is 0 Å². The maximum Gasteiger partial charge on any atom is 0.263 e. The molecule has 2 aliphatic rings. The summed E-state index contributed by atoms with van der Waals surface area (Å²) in [5.41, 5.74) is 3.40. The summed E-state index contributed by atoms with van der Waals surface area (Å²) in [7, 11) is 0. The number of fused-ring (bicyclic) bond motifs is 4. The van der Waals surface area contributed by atoms with Crippen LogP contribution in [0.3, 0.4) is 0 Å². The van der Waals surface area contributed by atoms with Crippen LogP contribution in [0.1, 0.15) is 29.3 Å². The van der Waals surface area contributed by atoms with Crippen molar-refractivity contribution in [2.24, 2.45) is 5.92 Å². The molecule has 0 saturated heterocycles. The minimum absolute atomic E-state index is 0.00146. The van der Waals surface area contributed by atoms with Gasteiger partial charge in [0.25, 0.3) is 5.56 Å². The predicted molar refractivity (Wildman–Crippen MR) is 128 cm³/mol. The van der Waals surface area contributed by atoms with Gasteiger partial charge in [-0.1, -0.05) is 43.0 Å². The van der Waals surface area contributed by atoms with Crippen molar-refractivity contribution in [3.8, 4) is 0 Å². The molecule has 3 aromatic rings. The van der Waals surface area contributed by atoms with Gasteiger partial charge in [-0.2, -0.15) is 0 Å². The smallest absolute Gasteiger partial charge is 0.263 e. The van der Waals surface area contributed by atoms with Gasteiger partial charge >= 0.3 is 0 Å². The lowest BCUT2D eigenvalue weighted by molar-refractivity contribution is -0.116. The van der Waals surface area contributed by atoms with Crippen molar-refractivity contribution in [2.45, 2.75) is 44.3 Å². The second kappa shape index (κ2) is 8.28. The summed E-state index contributed by atoms with van der Waals surface area (Å²) in [4.78, 5) is 35.2. The lowest BCUT2D eigenvalue weighted by Gasteiger charge is -2.18. The fraction of sp³-hybridized carbons (Fsp3) is 0.375. The van der Waals surface area contributed by atoms with Gasteiger partial charge in [-0.15, -0.1) is 17.9 Å². The minimum Gasteiger partial charge on any atom is -0.311 e. The van der Waals surface area contributed by atoms with Crippen LogP contribution in [0.15, 0.2) is 46.9 Å². The molecule has 0 N–H and O–H groups in total. The number of amides is 1. The first kappa shape index (κ1) is 20.5. The highest BCUT2D eigenvalue weighted by Gasteiger charge is 2.27. The van der Waals surface area contributed by atoms with Crippen LogP contribution in [0.2, 0.25) is 0 Å². The van der Waals surface area contributed by atoms with Crippen LogP contribution in [-0.2, 0) is 30.6 Å². The Labute approximate surface area is 189 Å². The zero-order valence-corrected chi connectivity index (χ0v) is 19.2. The summed E-state index contributed by atoms with van der Waals surface area (Å²) < 4.78 is 1.68. The molecule has 0 saturated carbocycles. The molecule has 1 aliphatic carbocycles. The second-order valence-corrected chi connectivity index (χ2v) is 10.4. The molecule has 1 unspecified atom stereocenters. The molecular weight excluding hydrogens is 426 g/mol. The Morgan fingerprint density at radius 1 is 1.35 bits per heavy atom. The largest absolute Gasteiger partial charge is 0.311 e. The average Bonchev–Trinajstić information content (AvgIpc) is 3.35. The third-order valence-corrected chi connectivity index (χ3v) is 8.31. The Bertz CT molecular complexity index is 1240. The number of carbonyl (C=O) groups is 1. The van der Waals surface area contributed by atoms with Crippen molar-refractivity contribution in [1.82, 2.24) is 9.55 Å². The van der Waals surface area contributed by atoms with Gasteiger partial charge in [0.2, 0.25) is 5.91 Å². The van der Waals surface area contributed by atoms with Gasteiger partial charge in [-0.3, -0.25) is 14.2 Å². The molecule has 0 fully saturated rings. The fourth-order valence-electron chi connectivity index (χ4n) is 4.61. The number of hydrogen-bond donors (Lipinski definition) is 0. The van der Waals surface area contributed by atoms with Crippen molar-refractivity contribution in [1.29, 1.82) is 0 Å². The number of anilines is 1. The summed E-state index contributed by atoms with van der Waals surface area (Å²) in [6, 6.07) is 8.05. The Morgan fingerprint density at radius 3 is 3.03 bits per heavy atom. The zero-order chi connectivity index (χ0) is 21.5. The number of nitrogens with zero attached hydrogens (tertiary/aromatic N) is 3. The Kier molecular flexibility index (Phi) is 5.48. The first-order valence-electron chi connectivity index (χ1n) is 10.7. The molecule has 1 amide bonds. The van der Waals surface area contributed by atoms with E-state index in [0.29, 0.717) is 24.2 Å². The van der Waals surface area contributed by atoms with Crippen molar-refractivity contribution in [3.63, 3.8) is 0 Å². The van der Waals surface area contributed by atoms with Gasteiger partial charge in [0.15, 0.2) is 5.16 Å². The fourth-order valence-corrected chi connectivity index (χ4v) is 6.92. The SMILES string of the molecule is C=CCn1c(SCC(=O)N2CCc3ccccc32)nc2sc3c(c2c1=O)CCC(C)C3. The number of aromatic nitrogens is 2. The van der Waals surface area contributed by atoms with E-state index in [1.54, 1.807) is 22.0 Å². The topological polar surface area (TPSA) is 55.2 Å². The number of aryl methyl sites for hydroxylation is 1. The van der Waals surface area contributed by atoms with E-state index in [1.165, 1.54) is 27.8 Å². The standard InChI is InChI=1S/C24H25N3O2S2/c1-3-11-27-23(29)21-17-9-8-15(2)13-19(17)31-22(21)25-24(27)30-14-20(28)26-12-10-16-6-4-5-7-18(16)26/h3-7,15H,1,8-14H2,2H3. The van der Waals surface area contributed by atoms with Crippen molar-refractivity contribution in [3.05, 3.63) is 63.3 Å². The van der Waals surface area contributed by atoms with E-state index < -0.39 is 0 Å². The predicted octanol–water partition coefficient (Wildman–Crippen LogP) is 4.45. The first-order valence-corrected chi connectivity index (χ1v) is 12.5. The van der Waals surface area contributed by atoms with Crippen molar-refractivity contribution < 1.29 is 4.79 Å². The highest BCUT2D eigenvalue weighted by Crippen LogP contribution is 2.36. The normalized spacial score (nSPS) is 17.6. The zero-order valence-electron chi connectivity index (χ0n) is 17.6. The van der Waals surface area contributed by atoms with E-state index in [4.69, 9.17) is 4.98 Å². The van der Waals surface area contributed by atoms with Crippen LogP contribution in [0, 0.1) is 5.92 Å². The molecule has 3 heterocycles. The molecule has 5 nitrogen and oxygen atoms in total. The maximum absolute atomic E-state index is 13.4. The third kappa shape index (κ3) is 3.64. The highest BCUT2D eigenvalue weighted by molar-refractivity contribution is 7.99. The van der Waals surface area contributed by atoms with E-state index in [9.17, 15) is 9.59 Å². The number of carbonyl (C=O) groups excluding carboxylic acids is 1. The monoisotopic (exact) mass is 451 g/mol. The Morgan fingerprint density at radius 2 is 2.19 bits per heavy atom. The van der Waals surface area contributed by atoms with Crippen LogP contribution in [-0.4, -0.2) is 27.8 Å². The number of hydrogen-bond acceptors (Lipinski definition) is 5. The van der Waals surface area contributed by atoms with Crippen molar-refractivity contribution >= 4 is 44.9 Å². The van der Waals surface area contributed by atoms with E-state index in [2.05, 4.69) is 19.6 Å².